The summed E-state index contributed by atoms with van der Waals surface area (Å²) in [7, 11) is 0. The van der Waals surface area contributed by atoms with E-state index in [0.717, 1.165) is 18.6 Å². The molecule has 5 heteroatoms. The highest BCUT2D eigenvalue weighted by molar-refractivity contribution is 5.94. The first-order chi connectivity index (χ1) is 10.9. The van der Waals surface area contributed by atoms with Gasteiger partial charge in [0.25, 0.3) is 5.91 Å². The van der Waals surface area contributed by atoms with E-state index < -0.39 is 5.97 Å². The van der Waals surface area contributed by atoms with Crippen molar-refractivity contribution < 1.29 is 19.4 Å². The van der Waals surface area contributed by atoms with Crippen molar-refractivity contribution in [2.45, 2.75) is 40.0 Å². The number of amides is 1. The van der Waals surface area contributed by atoms with Crippen LogP contribution in [0.5, 0.6) is 5.75 Å². The van der Waals surface area contributed by atoms with Crippen LogP contribution in [0.25, 0.3) is 0 Å². The van der Waals surface area contributed by atoms with Crippen LogP contribution >= 0.6 is 0 Å². The Bertz CT molecular complexity index is 496. The maximum atomic E-state index is 12.6. The summed E-state index contributed by atoms with van der Waals surface area (Å²) in [5.41, 5.74) is 0.555. The molecule has 0 bridgehead atoms. The van der Waals surface area contributed by atoms with Crippen LogP contribution in [0.4, 0.5) is 0 Å². The molecule has 1 amide bonds. The molecule has 0 fully saturated rings. The number of carbonyl (C=O) groups excluding carboxylic acids is 1. The van der Waals surface area contributed by atoms with Crippen molar-refractivity contribution in [3.05, 3.63) is 29.8 Å². The van der Waals surface area contributed by atoms with Gasteiger partial charge in [0.2, 0.25) is 0 Å². The Hall–Kier alpha value is -2.04. The van der Waals surface area contributed by atoms with E-state index in [9.17, 15) is 9.59 Å². The number of aliphatic carboxylic acids is 1. The molecule has 0 aliphatic rings. The summed E-state index contributed by atoms with van der Waals surface area (Å²) in [5, 5.41) is 8.83. The number of benzene rings is 1. The first-order valence-corrected chi connectivity index (χ1v) is 8.18. The molecule has 1 aromatic rings. The smallest absolute Gasteiger partial charge is 0.305 e. The zero-order valence-corrected chi connectivity index (χ0v) is 14.2. The second kappa shape index (κ2) is 9.87. The van der Waals surface area contributed by atoms with Gasteiger partial charge in [-0.1, -0.05) is 27.2 Å². The van der Waals surface area contributed by atoms with Gasteiger partial charge in [0.15, 0.2) is 0 Å². The van der Waals surface area contributed by atoms with Crippen molar-refractivity contribution in [3.63, 3.8) is 0 Å². The maximum absolute atomic E-state index is 12.6. The highest BCUT2D eigenvalue weighted by atomic mass is 16.5. The number of ether oxygens (including phenoxy) is 1. The quantitative estimate of drug-likeness (QED) is 0.670. The number of hydrogen-bond donors (Lipinski definition) is 1. The molecule has 1 rings (SSSR count). The van der Waals surface area contributed by atoms with Gasteiger partial charge in [-0.2, -0.15) is 0 Å². The zero-order chi connectivity index (χ0) is 17.2. The molecule has 5 nitrogen and oxygen atoms in total. The van der Waals surface area contributed by atoms with Gasteiger partial charge in [0.05, 0.1) is 13.0 Å². The lowest BCUT2D eigenvalue weighted by molar-refractivity contribution is -0.137. The monoisotopic (exact) mass is 321 g/mol. The molecule has 1 N–H and O–H groups in total. The second-order valence-corrected chi connectivity index (χ2v) is 6.02. The fourth-order valence-electron chi connectivity index (χ4n) is 2.16. The number of unbranched alkanes of at least 4 members (excludes halogenated alkanes) is 1. The SMILES string of the molecule is CCCCOc1ccc(C(=O)N(CCC(=O)O)CC(C)C)cc1. The van der Waals surface area contributed by atoms with E-state index in [1.54, 1.807) is 29.2 Å². The first-order valence-electron chi connectivity index (χ1n) is 8.18. The third-order valence-electron chi connectivity index (χ3n) is 3.34. The first kappa shape index (κ1) is 19.0. The van der Waals surface area contributed by atoms with Crippen LogP contribution in [0.3, 0.4) is 0 Å². The van der Waals surface area contributed by atoms with Gasteiger partial charge in [0.1, 0.15) is 5.75 Å². The van der Waals surface area contributed by atoms with Crippen molar-refractivity contribution in [2.75, 3.05) is 19.7 Å². The van der Waals surface area contributed by atoms with Crippen molar-refractivity contribution in [3.8, 4) is 5.75 Å². The molecule has 1 aromatic carbocycles. The minimum atomic E-state index is -0.897. The standard InChI is InChI=1S/C18H27NO4/c1-4-5-12-23-16-8-6-15(7-9-16)18(22)19(13-14(2)3)11-10-17(20)21/h6-9,14H,4-5,10-13H2,1-3H3,(H,20,21). The van der Waals surface area contributed by atoms with Gasteiger partial charge >= 0.3 is 5.97 Å². The summed E-state index contributed by atoms with van der Waals surface area (Å²) >= 11 is 0. The molecule has 0 radical (unpaired) electrons. The lowest BCUT2D eigenvalue weighted by Crippen LogP contribution is -2.35. The number of hydrogen-bond acceptors (Lipinski definition) is 3. The Morgan fingerprint density at radius 2 is 1.87 bits per heavy atom. The highest BCUT2D eigenvalue weighted by Gasteiger charge is 2.18. The number of carbonyl (C=O) groups is 2. The molecule has 0 atom stereocenters. The van der Waals surface area contributed by atoms with Crippen molar-refractivity contribution in [1.29, 1.82) is 0 Å². The number of nitrogens with zero attached hydrogens (tertiary/aromatic N) is 1. The van der Waals surface area contributed by atoms with E-state index in [1.807, 2.05) is 13.8 Å². The predicted octanol–water partition coefficient (Wildman–Crippen LogP) is 3.44. The van der Waals surface area contributed by atoms with Gasteiger partial charge in [0, 0.05) is 18.7 Å². The third kappa shape index (κ3) is 7.17. The molecular weight excluding hydrogens is 294 g/mol. The van der Waals surface area contributed by atoms with Crippen LogP contribution in [0.15, 0.2) is 24.3 Å². The normalized spacial score (nSPS) is 10.6. The number of rotatable bonds is 10. The van der Waals surface area contributed by atoms with Gasteiger partial charge < -0.3 is 14.7 Å². The van der Waals surface area contributed by atoms with E-state index in [4.69, 9.17) is 9.84 Å². The lowest BCUT2D eigenvalue weighted by atomic mass is 10.1. The minimum absolute atomic E-state index is 0.0450. The molecule has 0 unspecified atom stereocenters. The molecule has 0 heterocycles. The van der Waals surface area contributed by atoms with Crippen LogP contribution < -0.4 is 4.74 Å². The summed E-state index contributed by atoms with van der Waals surface area (Å²) < 4.78 is 5.58. The topological polar surface area (TPSA) is 66.8 Å². The number of carboxylic acid groups (broad SMARTS) is 1. The zero-order valence-electron chi connectivity index (χ0n) is 14.2. The van der Waals surface area contributed by atoms with Gasteiger partial charge in [-0.3, -0.25) is 9.59 Å². The fraction of sp³-hybridized carbons (Fsp3) is 0.556. The average Bonchev–Trinajstić information content (AvgIpc) is 2.51. The van der Waals surface area contributed by atoms with Gasteiger partial charge in [-0.05, 0) is 36.6 Å². The Kier molecular flexibility index (Phi) is 8.16. The second-order valence-electron chi connectivity index (χ2n) is 6.02. The summed E-state index contributed by atoms with van der Waals surface area (Å²) in [6.45, 7) is 7.55. The Morgan fingerprint density at radius 3 is 2.39 bits per heavy atom. The molecule has 0 aliphatic carbocycles. The predicted molar refractivity (Wildman–Crippen MR) is 89.8 cm³/mol. The summed E-state index contributed by atoms with van der Waals surface area (Å²) in [4.78, 5) is 24.9. The minimum Gasteiger partial charge on any atom is -0.494 e. The molecular formula is C18H27NO4. The van der Waals surface area contributed by atoms with Crippen molar-refractivity contribution in [2.24, 2.45) is 5.92 Å². The van der Waals surface area contributed by atoms with E-state index in [-0.39, 0.29) is 24.8 Å². The lowest BCUT2D eigenvalue weighted by Gasteiger charge is -2.24. The summed E-state index contributed by atoms with van der Waals surface area (Å²) in [5.74, 6) is -0.00775. The molecule has 128 valence electrons. The molecule has 0 aliphatic heterocycles. The molecule has 0 spiro atoms. The van der Waals surface area contributed by atoms with Crippen LogP contribution in [0, 0.1) is 5.92 Å². The van der Waals surface area contributed by atoms with Gasteiger partial charge in [-0.15, -0.1) is 0 Å². The Morgan fingerprint density at radius 1 is 1.22 bits per heavy atom. The van der Waals surface area contributed by atoms with Crippen LogP contribution in [-0.4, -0.2) is 41.6 Å². The Balaban J connectivity index is 2.72. The molecule has 0 aromatic heterocycles. The van der Waals surface area contributed by atoms with Crippen molar-refractivity contribution in [1.82, 2.24) is 4.90 Å². The third-order valence-corrected chi connectivity index (χ3v) is 3.34. The summed E-state index contributed by atoms with van der Waals surface area (Å²) in [6.07, 6.45) is 2.03. The number of carboxylic acids is 1. The summed E-state index contributed by atoms with van der Waals surface area (Å²) in [6, 6.07) is 7.04. The van der Waals surface area contributed by atoms with Crippen LogP contribution in [-0.2, 0) is 4.79 Å². The average molecular weight is 321 g/mol. The van der Waals surface area contributed by atoms with E-state index in [2.05, 4.69) is 6.92 Å². The largest absolute Gasteiger partial charge is 0.494 e. The van der Waals surface area contributed by atoms with Crippen molar-refractivity contribution >= 4 is 11.9 Å². The van der Waals surface area contributed by atoms with Crippen LogP contribution in [0.2, 0.25) is 0 Å². The van der Waals surface area contributed by atoms with E-state index >= 15 is 0 Å². The van der Waals surface area contributed by atoms with Gasteiger partial charge in [-0.25, -0.2) is 0 Å². The highest BCUT2D eigenvalue weighted by Crippen LogP contribution is 2.15. The molecule has 0 saturated heterocycles. The Labute approximate surface area is 138 Å². The molecule has 0 saturated carbocycles. The van der Waals surface area contributed by atoms with Crippen LogP contribution in [0.1, 0.15) is 50.4 Å². The molecule has 23 heavy (non-hydrogen) atoms. The van der Waals surface area contributed by atoms with E-state index in [1.165, 1.54) is 0 Å². The van der Waals surface area contributed by atoms with E-state index in [0.29, 0.717) is 18.7 Å². The maximum Gasteiger partial charge on any atom is 0.305 e. The fourth-order valence-corrected chi connectivity index (χ4v) is 2.16.